The molecule has 2 aromatic rings. The summed E-state index contributed by atoms with van der Waals surface area (Å²) in [5.41, 5.74) is 0.303. The van der Waals surface area contributed by atoms with E-state index in [9.17, 15) is 24.6 Å². The van der Waals surface area contributed by atoms with Crippen LogP contribution in [0.3, 0.4) is 0 Å². The van der Waals surface area contributed by atoms with Crippen LogP contribution in [0.4, 0.5) is 4.79 Å². The minimum absolute atomic E-state index is 0.0710. The summed E-state index contributed by atoms with van der Waals surface area (Å²) in [6.07, 6.45) is 0.107. The third kappa shape index (κ3) is 5.26. The maximum Gasteiger partial charge on any atom is 0.509 e. The molecule has 4 aliphatic rings. The number of hydrogen-bond acceptors (Lipinski definition) is 10. The lowest BCUT2D eigenvalue weighted by atomic mass is 9.50. The number of ether oxygens (including phenoxy) is 4. The Hall–Kier alpha value is -3.93. The first-order chi connectivity index (χ1) is 21.4. The van der Waals surface area contributed by atoms with Crippen LogP contribution in [0, 0.1) is 0 Å². The summed E-state index contributed by atoms with van der Waals surface area (Å²) >= 11 is 0. The van der Waals surface area contributed by atoms with Gasteiger partial charge in [-0.2, -0.15) is 0 Å². The number of nitrogens with zero attached hydrogens (tertiary/aromatic N) is 1. The highest BCUT2D eigenvalue weighted by atomic mass is 16.7. The largest absolute Gasteiger partial charge is 0.509 e. The van der Waals surface area contributed by atoms with Gasteiger partial charge >= 0.3 is 12.1 Å². The molecule has 45 heavy (non-hydrogen) atoms. The average molecular weight is 621 g/mol. The van der Waals surface area contributed by atoms with Crippen molar-refractivity contribution in [1.82, 2.24) is 10.2 Å². The molecule has 6 rings (SSSR count). The highest BCUT2D eigenvalue weighted by Crippen LogP contribution is 2.64. The van der Waals surface area contributed by atoms with Gasteiger partial charge < -0.3 is 39.4 Å². The number of benzene rings is 2. The van der Waals surface area contributed by atoms with E-state index in [2.05, 4.69) is 10.2 Å². The highest BCUT2D eigenvalue weighted by molar-refractivity contribution is 5.84. The van der Waals surface area contributed by atoms with Crippen LogP contribution in [0.2, 0.25) is 0 Å². The molecule has 11 nitrogen and oxygen atoms in total. The first-order valence-electron chi connectivity index (χ1n) is 15.4. The molecule has 240 valence electrons. The standard InChI is InChI=1S/C34H40N2O9/c1-32(2,3)45-31(40)44-28(20-8-6-5-7-9-20)30(39)35-16-13-25(38)42-23-12-14-34(41)24-18-21-10-11-22(19-37)27-26(21)33(34,29(23)43-27)15-17-36(24)4/h5-12,24,28-29,37,41H,13-19H2,1-4H3,(H,35,39)/t24-,28-,29+,33+,34-/m1/s1. The molecule has 5 atom stereocenters. The van der Waals surface area contributed by atoms with Gasteiger partial charge in [-0.15, -0.1) is 0 Å². The summed E-state index contributed by atoms with van der Waals surface area (Å²) in [4.78, 5) is 40.8. The van der Waals surface area contributed by atoms with Gasteiger partial charge in [-0.1, -0.05) is 42.5 Å². The lowest BCUT2D eigenvalue weighted by Gasteiger charge is -2.61. The number of esters is 1. The Bertz CT molecular complexity index is 1530. The van der Waals surface area contributed by atoms with E-state index in [1.807, 2.05) is 19.2 Å². The second-order valence-corrected chi connectivity index (χ2v) is 13.3. The van der Waals surface area contributed by atoms with Gasteiger partial charge in [0.05, 0.1) is 24.0 Å². The molecule has 2 bridgehead atoms. The second kappa shape index (κ2) is 11.5. The average Bonchev–Trinajstić information content (AvgIpc) is 3.34. The minimum Gasteiger partial charge on any atom is -0.481 e. The number of nitrogens with one attached hydrogen (secondary N) is 1. The van der Waals surface area contributed by atoms with Gasteiger partial charge in [0.25, 0.3) is 5.91 Å². The van der Waals surface area contributed by atoms with Crippen molar-refractivity contribution in [2.24, 2.45) is 0 Å². The normalized spacial score (nSPS) is 26.9. The van der Waals surface area contributed by atoms with Gasteiger partial charge in [-0.05, 0) is 58.8 Å². The van der Waals surface area contributed by atoms with Gasteiger partial charge in [0.2, 0.25) is 6.10 Å². The molecule has 0 aromatic heterocycles. The number of piperidine rings is 1. The van der Waals surface area contributed by atoms with E-state index in [1.165, 1.54) is 0 Å². The van der Waals surface area contributed by atoms with Crippen molar-refractivity contribution >= 4 is 18.0 Å². The zero-order valence-electron chi connectivity index (χ0n) is 26.0. The topological polar surface area (TPSA) is 144 Å². The fourth-order valence-electron chi connectivity index (χ4n) is 7.47. The van der Waals surface area contributed by atoms with E-state index in [0.717, 1.165) is 17.7 Å². The Balaban J connectivity index is 1.15. The van der Waals surface area contributed by atoms with E-state index in [-0.39, 0.29) is 32.0 Å². The molecule has 1 spiro atoms. The molecule has 1 fully saturated rings. The highest BCUT2D eigenvalue weighted by Gasteiger charge is 2.71. The first kappa shape index (κ1) is 31.1. The molecule has 1 saturated heterocycles. The fraction of sp³-hybridized carbons (Fsp3) is 0.500. The molecule has 0 unspecified atom stereocenters. The van der Waals surface area contributed by atoms with Crippen LogP contribution < -0.4 is 10.1 Å². The van der Waals surface area contributed by atoms with Crippen molar-refractivity contribution in [2.45, 2.75) is 87.9 Å². The Morgan fingerprint density at radius 2 is 1.91 bits per heavy atom. The quantitative estimate of drug-likeness (QED) is 0.377. The molecule has 2 aromatic carbocycles. The van der Waals surface area contributed by atoms with E-state index in [1.54, 1.807) is 57.2 Å². The van der Waals surface area contributed by atoms with Crippen molar-refractivity contribution in [2.75, 3.05) is 20.1 Å². The molecular weight excluding hydrogens is 580 g/mol. The van der Waals surface area contributed by atoms with Crippen molar-refractivity contribution in [1.29, 1.82) is 0 Å². The van der Waals surface area contributed by atoms with E-state index in [4.69, 9.17) is 18.9 Å². The zero-order valence-corrected chi connectivity index (χ0v) is 26.0. The molecular formula is C34H40N2O9. The number of carbonyl (C=O) groups is 3. The number of hydrogen-bond donors (Lipinski definition) is 3. The van der Waals surface area contributed by atoms with Crippen LogP contribution in [0.5, 0.6) is 5.75 Å². The third-order valence-electron chi connectivity index (χ3n) is 9.43. The van der Waals surface area contributed by atoms with E-state index in [0.29, 0.717) is 35.5 Å². The van der Waals surface area contributed by atoms with Gasteiger partial charge in [0, 0.05) is 35.7 Å². The zero-order chi connectivity index (χ0) is 32.1. The van der Waals surface area contributed by atoms with Gasteiger partial charge in [-0.3, -0.25) is 9.59 Å². The SMILES string of the molecule is CN1CC[C@]23c4c5ccc(CO)c4O[C@H]2C(OC(=O)CCNC(=O)[C@H](OC(=O)OC(C)(C)C)c2ccccc2)=CC[C@@]3(O)[C@H]1C5. The summed E-state index contributed by atoms with van der Waals surface area (Å²) in [6.45, 7) is 5.53. The predicted molar refractivity (Wildman–Crippen MR) is 161 cm³/mol. The van der Waals surface area contributed by atoms with Crippen LogP contribution in [0.15, 0.2) is 54.3 Å². The van der Waals surface area contributed by atoms with Crippen molar-refractivity contribution in [3.8, 4) is 5.75 Å². The van der Waals surface area contributed by atoms with Crippen LogP contribution in [0.1, 0.15) is 68.4 Å². The number of carbonyl (C=O) groups excluding carboxylic acids is 3. The molecule has 2 aliphatic carbocycles. The molecule has 0 radical (unpaired) electrons. The number of likely N-dealkylation sites (N-methyl/N-ethyl adjacent to an activating group) is 1. The number of aliphatic hydroxyl groups is 2. The second-order valence-electron chi connectivity index (χ2n) is 13.3. The smallest absolute Gasteiger partial charge is 0.481 e. The maximum absolute atomic E-state index is 13.1. The van der Waals surface area contributed by atoms with E-state index < -0.39 is 46.9 Å². The number of likely N-dealkylation sites (tertiary alicyclic amines) is 1. The first-order valence-corrected chi connectivity index (χ1v) is 15.4. The van der Waals surface area contributed by atoms with E-state index >= 15 is 0 Å². The van der Waals surface area contributed by atoms with Gasteiger partial charge in [0.1, 0.15) is 17.1 Å². The van der Waals surface area contributed by atoms with Crippen LogP contribution >= 0.6 is 0 Å². The Morgan fingerprint density at radius 1 is 1.16 bits per heavy atom. The van der Waals surface area contributed by atoms with Crippen molar-refractivity contribution in [3.05, 3.63) is 76.6 Å². The number of amides is 1. The summed E-state index contributed by atoms with van der Waals surface area (Å²) < 4.78 is 23.0. The van der Waals surface area contributed by atoms with Crippen LogP contribution in [-0.2, 0) is 42.2 Å². The summed E-state index contributed by atoms with van der Waals surface area (Å²) in [7, 11) is 2.02. The maximum atomic E-state index is 13.1. The summed E-state index contributed by atoms with van der Waals surface area (Å²) in [5, 5.41) is 25.1. The Kier molecular flexibility index (Phi) is 7.91. The van der Waals surface area contributed by atoms with Gasteiger partial charge in [-0.25, -0.2) is 4.79 Å². The lowest BCUT2D eigenvalue weighted by molar-refractivity contribution is -0.169. The van der Waals surface area contributed by atoms with Crippen LogP contribution in [0.25, 0.3) is 0 Å². The Labute approximate surface area is 262 Å². The molecule has 1 amide bonds. The van der Waals surface area contributed by atoms with Crippen LogP contribution in [-0.4, -0.2) is 76.6 Å². The molecule has 2 aliphatic heterocycles. The molecule has 2 heterocycles. The fourth-order valence-corrected chi connectivity index (χ4v) is 7.47. The monoisotopic (exact) mass is 620 g/mol. The number of rotatable bonds is 8. The third-order valence-corrected chi connectivity index (χ3v) is 9.43. The lowest BCUT2D eigenvalue weighted by Crippen LogP contribution is -2.74. The molecule has 11 heteroatoms. The molecule has 3 N–H and O–H groups in total. The Morgan fingerprint density at radius 3 is 2.62 bits per heavy atom. The van der Waals surface area contributed by atoms with Crippen molar-refractivity contribution < 1.29 is 43.5 Å². The minimum atomic E-state index is -1.28. The van der Waals surface area contributed by atoms with Crippen molar-refractivity contribution in [3.63, 3.8) is 0 Å². The number of aliphatic hydroxyl groups excluding tert-OH is 1. The predicted octanol–water partition coefficient (Wildman–Crippen LogP) is 3.20. The van der Waals surface area contributed by atoms with Gasteiger partial charge in [0.15, 0.2) is 6.10 Å². The summed E-state index contributed by atoms with van der Waals surface area (Å²) in [6, 6.07) is 12.3. The summed E-state index contributed by atoms with van der Waals surface area (Å²) in [5.74, 6) is -0.314. The molecule has 0 saturated carbocycles.